The Morgan fingerprint density at radius 2 is 2.08 bits per heavy atom. The number of ether oxygens (including phenoxy) is 1. The van der Waals surface area contributed by atoms with E-state index in [2.05, 4.69) is 39.1 Å². The van der Waals surface area contributed by atoms with Crippen LogP contribution in [0.2, 0.25) is 0 Å². The smallest absolute Gasteiger partial charge is 0.305 e. The van der Waals surface area contributed by atoms with Gasteiger partial charge in [-0.15, -0.1) is 0 Å². The lowest BCUT2D eigenvalue weighted by atomic mass is 9.70. The van der Waals surface area contributed by atoms with Crippen LogP contribution in [0.5, 0.6) is 0 Å². The normalized spacial score (nSPS) is 22.9. The van der Waals surface area contributed by atoms with Crippen molar-refractivity contribution in [1.82, 2.24) is 0 Å². The summed E-state index contributed by atoms with van der Waals surface area (Å²) in [5.74, 6) is 0.543. The fourth-order valence-electron chi connectivity index (χ4n) is 4.18. The van der Waals surface area contributed by atoms with E-state index in [0.29, 0.717) is 24.3 Å². The van der Waals surface area contributed by atoms with Crippen molar-refractivity contribution in [2.75, 3.05) is 18.2 Å². The molecule has 0 radical (unpaired) electrons. The van der Waals surface area contributed by atoms with Gasteiger partial charge in [-0.2, -0.15) is 0 Å². The van der Waals surface area contributed by atoms with Gasteiger partial charge in [0.2, 0.25) is 0 Å². The molecule has 0 aliphatic heterocycles. The van der Waals surface area contributed by atoms with Crippen LogP contribution in [0.1, 0.15) is 57.6 Å². The molecule has 3 N–H and O–H groups in total. The highest BCUT2D eigenvalue weighted by Gasteiger charge is 2.32. The Morgan fingerprint density at radius 1 is 1.38 bits per heavy atom. The number of hydrogen-bond donors (Lipinski definition) is 2. The van der Waals surface area contributed by atoms with Gasteiger partial charge in [-0.25, -0.2) is 0 Å². The Kier molecular flexibility index (Phi) is 5.79. The number of nitrogens with one attached hydrogen (secondary N) is 1. The third-order valence-electron chi connectivity index (χ3n) is 5.08. The van der Waals surface area contributed by atoms with Crippen molar-refractivity contribution in [2.45, 2.75) is 65.8 Å². The summed E-state index contributed by atoms with van der Waals surface area (Å²) >= 11 is 0. The van der Waals surface area contributed by atoms with E-state index < -0.39 is 0 Å². The SMILES string of the molecule is COC(=O)CCc1cc(N)c(N[C@H]2C[C@@H](C)CC(C)(C)C2)cc1C. The topological polar surface area (TPSA) is 64.3 Å². The van der Waals surface area contributed by atoms with Crippen molar-refractivity contribution in [1.29, 1.82) is 0 Å². The average Bonchev–Trinajstić information content (AvgIpc) is 2.46. The van der Waals surface area contributed by atoms with E-state index in [-0.39, 0.29) is 5.97 Å². The molecule has 0 saturated heterocycles. The van der Waals surface area contributed by atoms with Gasteiger partial charge in [0.15, 0.2) is 0 Å². The second kappa shape index (κ2) is 7.45. The number of methoxy groups -OCH3 is 1. The summed E-state index contributed by atoms with van der Waals surface area (Å²) in [6, 6.07) is 4.58. The van der Waals surface area contributed by atoms with Crippen LogP contribution in [0.3, 0.4) is 0 Å². The number of anilines is 2. The summed E-state index contributed by atoms with van der Waals surface area (Å²) in [7, 11) is 1.42. The predicted octanol–water partition coefficient (Wildman–Crippen LogP) is 4.31. The first-order valence-electron chi connectivity index (χ1n) is 8.92. The van der Waals surface area contributed by atoms with E-state index in [9.17, 15) is 4.79 Å². The highest BCUT2D eigenvalue weighted by molar-refractivity contribution is 5.71. The fourth-order valence-corrected chi connectivity index (χ4v) is 4.18. The number of rotatable bonds is 5. The Balaban J connectivity index is 2.08. The predicted molar refractivity (Wildman–Crippen MR) is 100 cm³/mol. The quantitative estimate of drug-likeness (QED) is 0.623. The molecule has 134 valence electrons. The number of aryl methyl sites for hydroxylation is 2. The Bertz CT molecular complexity index is 596. The van der Waals surface area contributed by atoms with Crippen LogP contribution in [-0.4, -0.2) is 19.1 Å². The van der Waals surface area contributed by atoms with E-state index in [1.54, 1.807) is 0 Å². The van der Waals surface area contributed by atoms with Crippen LogP contribution in [0.4, 0.5) is 11.4 Å². The number of benzene rings is 1. The largest absolute Gasteiger partial charge is 0.469 e. The number of esters is 1. The number of nitrogen functional groups attached to an aromatic ring is 1. The van der Waals surface area contributed by atoms with E-state index in [4.69, 9.17) is 10.5 Å². The van der Waals surface area contributed by atoms with Crippen LogP contribution in [0.15, 0.2) is 12.1 Å². The first kappa shape index (κ1) is 18.6. The van der Waals surface area contributed by atoms with Crippen molar-refractivity contribution in [3.63, 3.8) is 0 Å². The third-order valence-corrected chi connectivity index (χ3v) is 5.08. The van der Waals surface area contributed by atoms with Crippen LogP contribution < -0.4 is 11.1 Å². The maximum absolute atomic E-state index is 11.3. The molecule has 1 fully saturated rings. The van der Waals surface area contributed by atoms with E-state index in [1.807, 2.05) is 6.07 Å². The van der Waals surface area contributed by atoms with Crippen LogP contribution in [0, 0.1) is 18.3 Å². The summed E-state index contributed by atoms with van der Waals surface area (Å²) in [4.78, 5) is 11.3. The van der Waals surface area contributed by atoms with E-state index in [1.165, 1.54) is 31.9 Å². The minimum Gasteiger partial charge on any atom is -0.469 e. The summed E-state index contributed by atoms with van der Waals surface area (Å²) in [5.41, 5.74) is 10.7. The van der Waals surface area contributed by atoms with Gasteiger partial charge in [0, 0.05) is 12.5 Å². The molecule has 1 aliphatic carbocycles. The molecule has 1 saturated carbocycles. The first-order valence-corrected chi connectivity index (χ1v) is 8.92. The molecule has 0 aromatic heterocycles. The highest BCUT2D eigenvalue weighted by Crippen LogP contribution is 2.40. The molecule has 0 amide bonds. The summed E-state index contributed by atoms with van der Waals surface area (Å²) in [6.07, 6.45) is 4.69. The lowest BCUT2D eigenvalue weighted by Crippen LogP contribution is -2.35. The van der Waals surface area contributed by atoms with Crippen molar-refractivity contribution in [3.05, 3.63) is 23.3 Å². The average molecular weight is 332 g/mol. The van der Waals surface area contributed by atoms with Crippen LogP contribution in [-0.2, 0) is 16.0 Å². The lowest BCUT2D eigenvalue weighted by Gasteiger charge is -2.39. The fraction of sp³-hybridized carbons (Fsp3) is 0.650. The molecule has 2 atom stereocenters. The van der Waals surface area contributed by atoms with Crippen molar-refractivity contribution < 1.29 is 9.53 Å². The number of hydrogen-bond acceptors (Lipinski definition) is 4. The molecule has 0 spiro atoms. The molecule has 1 aromatic rings. The van der Waals surface area contributed by atoms with E-state index >= 15 is 0 Å². The zero-order chi connectivity index (χ0) is 17.9. The van der Waals surface area contributed by atoms with Crippen molar-refractivity contribution >= 4 is 17.3 Å². The summed E-state index contributed by atoms with van der Waals surface area (Å²) < 4.78 is 4.71. The summed E-state index contributed by atoms with van der Waals surface area (Å²) in [6.45, 7) is 9.11. The molecular formula is C20H32N2O2. The maximum Gasteiger partial charge on any atom is 0.305 e. The van der Waals surface area contributed by atoms with E-state index in [0.717, 1.165) is 22.9 Å². The van der Waals surface area contributed by atoms with Crippen LogP contribution >= 0.6 is 0 Å². The Labute approximate surface area is 146 Å². The minimum absolute atomic E-state index is 0.186. The molecule has 4 nitrogen and oxygen atoms in total. The minimum atomic E-state index is -0.186. The molecule has 0 bridgehead atoms. The third kappa shape index (κ3) is 4.89. The molecule has 0 heterocycles. The highest BCUT2D eigenvalue weighted by atomic mass is 16.5. The zero-order valence-electron chi connectivity index (χ0n) is 15.7. The van der Waals surface area contributed by atoms with Gasteiger partial charge in [0.25, 0.3) is 0 Å². The van der Waals surface area contributed by atoms with Crippen molar-refractivity contribution in [2.24, 2.45) is 11.3 Å². The van der Waals surface area contributed by atoms with Gasteiger partial charge in [-0.1, -0.05) is 20.8 Å². The molecule has 4 heteroatoms. The second-order valence-electron chi connectivity index (χ2n) is 8.20. The summed E-state index contributed by atoms with van der Waals surface area (Å²) in [5, 5.41) is 3.66. The first-order chi connectivity index (χ1) is 11.2. The maximum atomic E-state index is 11.3. The van der Waals surface area contributed by atoms with Gasteiger partial charge < -0.3 is 15.8 Å². The standard InChI is InChI=1S/C20H32N2O2/c1-13-8-16(12-20(3,4)11-13)22-18-9-14(2)15(10-17(18)21)6-7-19(23)24-5/h9-10,13,16,22H,6-8,11-12,21H2,1-5H3/t13-,16+/m1/s1. The van der Waals surface area contributed by atoms with Gasteiger partial charge in [-0.3, -0.25) is 4.79 Å². The Hall–Kier alpha value is -1.71. The molecule has 0 unspecified atom stereocenters. The second-order valence-corrected chi connectivity index (χ2v) is 8.20. The number of carbonyl (C=O) groups excluding carboxylic acids is 1. The van der Waals surface area contributed by atoms with Gasteiger partial charge in [-0.05, 0) is 67.2 Å². The van der Waals surface area contributed by atoms with Crippen molar-refractivity contribution in [3.8, 4) is 0 Å². The van der Waals surface area contributed by atoms with Gasteiger partial charge in [0.1, 0.15) is 0 Å². The van der Waals surface area contributed by atoms with Gasteiger partial charge >= 0.3 is 5.97 Å². The van der Waals surface area contributed by atoms with Gasteiger partial charge in [0.05, 0.1) is 18.5 Å². The molecule has 2 rings (SSSR count). The molecule has 1 aliphatic rings. The lowest BCUT2D eigenvalue weighted by molar-refractivity contribution is -0.140. The zero-order valence-corrected chi connectivity index (χ0v) is 15.7. The number of carbonyl (C=O) groups is 1. The molecule has 1 aromatic carbocycles. The molecular weight excluding hydrogens is 300 g/mol. The number of nitrogens with two attached hydrogens (primary N) is 1. The Morgan fingerprint density at radius 3 is 2.71 bits per heavy atom. The van der Waals surface area contributed by atoms with Crippen LogP contribution in [0.25, 0.3) is 0 Å². The molecule has 24 heavy (non-hydrogen) atoms. The monoisotopic (exact) mass is 332 g/mol.